The Hall–Kier alpha value is -3.40. The van der Waals surface area contributed by atoms with E-state index >= 15 is 0 Å². The van der Waals surface area contributed by atoms with Crippen molar-refractivity contribution in [1.82, 2.24) is 14.9 Å². The molecule has 32 heavy (non-hydrogen) atoms. The Morgan fingerprint density at radius 3 is 2.31 bits per heavy atom. The number of fused-ring (bicyclic) bond motifs is 1. The molecule has 0 fully saturated rings. The number of unbranched alkanes of at least 4 members (excludes halogenated alkanes) is 3. The molecule has 0 aliphatic carbocycles. The molecule has 0 bridgehead atoms. The van der Waals surface area contributed by atoms with Gasteiger partial charge in [0.2, 0.25) is 0 Å². The fourth-order valence-corrected chi connectivity index (χ4v) is 4.18. The molecule has 0 spiro atoms. The zero-order valence-electron chi connectivity index (χ0n) is 18.7. The summed E-state index contributed by atoms with van der Waals surface area (Å²) in [4.78, 5) is 18.1. The lowest BCUT2D eigenvalue weighted by Gasteiger charge is -2.21. The van der Waals surface area contributed by atoms with Crippen LogP contribution in [-0.2, 0) is 13.0 Å². The SMILES string of the molecule is CCCCCCn1c(C(Cc2ccccc2)NC(=O)c2ccccc2)nc2ccccc21. The Balaban J connectivity index is 1.69. The largest absolute Gasteiger partial charge is 0.342 e. The number of carbonyl (C=O) groups is 1. The lowest BCUT2D eigenvalue weighted by atomic mass is 10.0. The summed E-state index contributed by atoms with van der Waals surface area (Å²) in [5.41, 5.74) is 3.95. The van der Waals surface area contributed by atoms with Crippen LogP contribution in [0.3, 0.4) is 0 Å². The minimum absolute atomic E-state index is 0.0730. The number of aryl methyl sites for hydroxylation is 1. The molecule has 3 aromatic carbocycles. The predicted molar refractivity (Wildman–Crippen MR) is 131 cm³/mol. The Morgan fingerprint density at radius 1 is 0.875 bits per heavy atom. The van der Waals surface area contributed by atoms with E-state index < -0.39 is 0 Å². The van der Waals surface area contributed by atoms with E-state index in [0.717, 1.165) is 29.8 Å². The van der Waals surface area contributed by atoms with Gasteiger partial charge in [-0.1, -0.05) is 86.8 Å². The van der Waals surface area contributed by atoms with Crippen molar-refractivity contribution < 1.29 is 4.79 Å². The molecule has 164 valence electrons. The van der Waals surface area contributed by atoms with E-state index in [2.05, 4.69) is 47.1 Å². The first-order valence-electron chi connectivity index (χ1n) is 11.6. The number of carbonyl (C=O) groups excluding carboxylic acids is 1. The van der Waals surface area contributed by atoms with Gasteiger partial charge in [0.05, 0.1) is 17.1 Å². The normalized spacial score (nSPS) is 12.0. The van der Waals surface area contributed by atoms with Crippen LogP contribution in [0.25, 0.3) is 11.0 Å². The average Bonchev–Trinajstić information content (AvgIpc) is 3.21. The Labute approximate surface area is 190 Å². The smallest absolute Gasteiger partial charge is 0.251 e. The number of benzene rings is 3. The second-order valence-electron chi connectivity index (χ2n) is 8.25. The van der Waals surface area contributed by atoms with Crippen LogP contribution in [0.4, 0.5) is 0 Å². The summed E-state index contributed by atoms with van der Waals surface area (Å²) >= 11 is 0. The first kappa shape index (κ1) is 21.8. The van der Waals surface area contributed by atoms with Crippen LogP contribution in [0.15, 0.2) is 84.9 Å². The summed E-state index contributed by atoms with van der Waals surface area (Å²) < 4.78 is 2.31. The minimum atomic E-state index is -0.219. The summed E-state index contributed by atoms with van der Waals surface area (Å²) in [6.07, 6.45) is 5.44. The molecule has 4 rings (SSSR count). The van der Waals surface area contributed by atoms with Crippen LogP contribution in [0.5, 0.6) is 0 Å². The number of nitrogens with zero attached hydrogens (tertiary/aromatic N) is 2. The molecule has 1 atom stereocenters. The van der Waals surface area contributed by atoms with Crippen LogP contribution < -0.4 is 5.32 Å². The van der Waals surface area contributed by atoms with Gasteiger partial charge in [0.1, 0.15) is 5.82 Å². The number of hydrogen-bond acceptors (Lipinski definition) is 2. The van der Waals surface area contributed by atoms with Crippen molar-refractivity contribution in [2.75, 3.05) is 0 Å². The highest BCUT2D eigenvalue weighted by molar-refractivity contribution is 5.94. The highest BCUT2D eigenvalue weighted by Gasteiger charge is 2.23. The van der Waals surface area contributed by atoms with Crippen LogP contribution in [0.2, 0.25) is 0 Å². The number of amides is 1. The van der Waals surface area contributed by atoms with Crippen molar-refractivity contribution in [3.63, 3.8) is 0 Å². The number of aromatic nitrogens is 2. The third-order valence-corrected chi connectivity index (χ3v) is 5.85. The predicted octanol–water partition coefficient (Wildman–Crippen LogP) is 6.33. The van der Waals surface area contributed by atoms with E-state index in [9.17, 15) is 4.79 Å². The molecule has 1 aromatic heterocycles. The Bertz CT molecular complexity index is 1140. The van der Waals surface area contributed by atoms with Crippen molar-refractivity contribution in [3.8, 4) is 0 Å². The molecule has 4 nitrogen and oxygen atoms in total. The van der Waals surface area contributed by atoms with Crippen LogP contribution in [0, 0.1) is 0 Å². The van der Waals surface area contributed by atoms with E-state index in [1.54, 1.807) is 0 Å². The molecule has 1 heterocycles. The lowest BCUT2D eigenvalue weighted by molar-refractivity contribution is 0.0934. The average molecular weight is 426 g/mol. The molecule has 0 saturated carbocycles. The van der Waals surface area contributed by atoms with E-state index in [1.807, 2.05) is 54.6 Å². The molecule has 0 radical (unpaired) electrons. The van der Waals surface area contributed by atoms with Crippen molar-refractivity contribution in [2.24, 2.45) is 0 Å². The van der Waals surface area contributed by atoms with Gasteiger partial charge >= 0.3 is 0 Å². The van der Waals surface area contributed by atoms with Crippen molar-refractivity contribution in [1.29, 1.82) is 0 Å². The maximum atomic E-state index is 13.1. The zero-order valence-corrected chi connectivity index (χ0v) is 18.7. The zero-order chi connectivity index (χ0) is 22.2. The number of rotatable bonds is 10. The minimum Gasteiger partial charge on any atom is -0.342 e. The highest BCUT2D eigenvalue weighted by atomic mass is 16.1. The van der Waals surface area contributed by atoms with E-state index in [-0.39, 0.29) is 11.9 Å². The van der Waals surface area contributed by atoms with Crippen molar-refractivity contribution in [3.05, 3.63) is 102 Å². The van der Waals surface area contributed by atoms with Gasteiger partial charge in [0.25, 0.3) is 5.91 Å². The van der Waals surface area contributed by atoms with E-state index in [0.29, 0.717) is 12.0 Å². The molecule has 4 heteroatoms. The van der Waals surface area contributed by atoms with Gasteiger partial charge in [-0.2, -0.15) is 0 Å². The maximum absolute atomic E-state index is 13.1. The number of hydrogen-bond donors (Lipinski definition) is 1. The van der Waals surface area contributed by atoms with E-state index in [1.165, 1.54) is 24.8 Å². The number of nitrogens with one attached hydrogen (secondary N) is 1. The summed E-state index contributed by atoms with van der Waals surface area (Å²) in [7, 11) is 0. The standard InChI is InChI=1S/C28H31N3O/c1-2-3-4-13-20-31-26-19-12-11-18-24(26)29-27(31)25(21-22-14-7-5-8-15-22)30-28(32)23-16-9-6-10-17-23/h5-12,14-19,25H,2-4,13,20-21H2,1H3,(H,30,32). The quantitative estimate of drug-likeness (QED) is 0.302. The first-order valence-corrected chi connectivity index (χ1v) is 11.6. The Kier molecular flexibility index (Phi) is 7.34. The van der Waals surface area contributed by atoms with Gasteiger partial charge in [-0.3, -0.25) is 4.79 Å². The Morgan fingerprint density at radius 2 is 1.56 bits per heavy atom. The molecular weight excluding hydrogens is 394 g/mol. The van der Waals surface area contributed by atoms with Crippen LogP contribution in [0.1, 0.15) is 60.4 Å². The first-order chi connectivity index (χ1) is 15.8. The third kappa shape index (κ3) is 5.25. The second-order valence-corrected chi connectivity index (χ2v) is 8.25. The molecular formula is C28H31N3O. The van der Waals surface area contributed by atoms with Crippen molar-refractivity contribution in [2.45, 2.75) is 51.6 Å². The van der Waals surface area contributed by atoms with Gasteiger partial charge in [0, 0.05) is 12.1 Å². The van der Waals surface area contributed by atoms with Gasteiger partial charge in [0.15, 0.2) is 0 Å². The van der Waals surface area contributed by atoms with Crippen molar-refractivity contribution >= 4 is 16.9 Å². The summed E-state index contributed by atoms with van der Waals surface area (Å²) in [5.74, 6) is 0.854. The monoisotopic (exact) mass is 425 g/mol. The molecule has 0 aliphatic rings. The van der Waals surface area contributed by atoms with E-state index in [4.69, 9.17) is 4.98 Å². The molecule has 4 aromatic rings. The van der Waals surface area contributed by atoms with Crippen LogP contribution in [-0.4, -0.2) is 15.5 Å². The molecule has 0 saturated heterocycles. The summed E-state index contributed by atoms with van der Waals surface area (Å²) in [6, 6.07) is 27.8. The number of imidazole rings is 1. The molecule has 1 unspecified atom stereocenters. The summed E-state index contributed by atoms with van der Waals surface area (Å²) in [6.45, 7) is 3.13. The topological polar surface area (TPSA) is 46.9 Å². The van der Waals surface area contributed by atoms with Gasteiger partial charge in [-0.15, -0.1) is 0 Å². The molecule has 1 amide bonds. The molecule has 1 N–H and O–H groups in total. The number of para-hydroxylation sites is 2. The maximum Gasteiger partial charge on any atom is 0.251 e. The highest BCUT2D eigenvalue weighted by Crippen LogP contribution is 2.25. The fraction of sp³-hybridized carbons (Fsp3) is 0.286. The summed E-state index contributed by atoms with van der Waals surface area (Å²) in [5, 5.41) is 3.28. The molecule has 0 aliphatic heterocycles. The fourth-order valence-electron chi connectivity index (χ4n) is 4.18. The third-order valence-electron chi connectivity index (χ3n) is 5.85. The van der Waals surface area contributed by atoms with Gasteiger partial charge in [-0.05, 0) is 42.7 Å². The van der Waals surface area contributed by atoms with Crippen LogP contribution >= 0.6 is 0 Å². The van der Waals surface area contributed by atoms with Gasteiger partial charge < -0.3 is 9.88 Å². The second kappa shape index (κ2) is 10.8. The van der Waals surface area contributed by atoms with Gasteiger partial charge in [-0.25, -0.2) is 4.98 Å². The lowest BCUT2D eigenvalue weighted by Crippen LogP contribution is -2.32.